The summed E-state index contributed by atoms with van der Waals surface area (Å²) in [5.74, 6) is 7.81. The monoisotopic (exact) mass is 260 g/mol. The summed E-state index contributed by atoms with van der Waals surface area (Å²) in [6, 6.07) is 0.296. The largest absolute Gasteiger partial charge is 0.378 e. The van der Waals surface area contributed by atoms with Crippen molar-refractivity contribution in [3.63, 3.8) is 0 Å². The molecule has 0 spiro atoms. The van der Waals surface area contributed by atoms with Gasteiger partial charge in [0.2, 0.25) is 0 Å². The summed E-state index contributed by atoms with van der Waals surface area (Å²) in [7, 11) is 0. The van der Waals surface area contributed by atoms with Crippen molar-refractivity contribution >= 4 is 11.8 Å². The fraction of sp³-hybridized carbons (Fsp3) is 1.00. The second kappa shape index (κ2) is 7.59. The molecular weight excluding hydrogens is 236 g/mol. The van der Waals surface area contributed by atoms with Gasteiger partial charge in [0.15, 0.2) is 0 Å². The third-order valence-electron chi connectivity index (χ3n) is 3.57. The molecule has 0 aromatic rings. The van der Waals surface area contributed by atoms with E-state index in [4.69, 9.17) is 15.3 Å². The molecule has 2 aliphatic rings. The molecule has 3 N–H and O–H groups in total. The van der Waals surface area contributed by atoms with Gasteiger partial charge in [0.05, 0.1) is 18.8 Å². The minimum atomic E-state index is 0.281. The van der Waals surface area contributed by atoms with Crippen LogP contribution in [0.3, 0.4) is 0 Å². The number of hydrogen-bond donors (Lipinski definition) is 2. The molecule has 4 nitrogen and oxygen atoms in total. The summed E-state index contributed by atoms with van der Waals surface area (Å²) in [6.45, 7) is 1.81. The Balaban J connectivity index is 1.63. The topological polar surface area (TPSA) is 56.5 Å². The molecule has 2 fully saturated rings. The minimum absolute atomic E-state index is 0.281. The molecule has 2 rings (SSSR count). The van der Waals surface area contributed by atoms with E-state index >= 15 is 0 Å². The van der Waals surface area contributed by atoms with Gasteiger partial charge >= 0.3 is 0 Å². The lowest BCUT2D eigenvalue weighted by Crippen LogP contribution is -2.47. The Morgan fingerprint density at radius 3 is 2.94 bits per heavy atom. The zero-order valence-electron chi connectivity index (χ0n) is 10.4. The molecule has 0 aromatic heterocycles. The zero-order valence-corrected chi connectivity index (χ0v) is 11.2. The van der Waals surface area contributed by atoms with Crippen molar-refractivity contribution in [2.24, 2.45) is 5.84 Å². The first-order chi connectivity index (χ1) is 8.40. The molecule has 100 valence electrons. The average molecular weight is 260 g/mol. The quantitative estimate of drug-likeness (QED) is 0.557. The summed E-state index contributed by atoms with van der Waals surface area (Å²) in [5.41, 5.74) is 2.92. The molecule has 3 unspecified atom stereocenters. The lowest BCUT2D eigenvalue weighted by Gasteiger charge is -2.29. The average Bonchev–Trinajstić information content (AvgIpc) is 2.89. The molecule has 0 radical (unpaired) electrons. The van der Waals surface area contributed by atoms with Gasteiger partial charge in [-0.15, -0.1) is 0 Å². The van der Waals surface area contributed by atoms with Gasteiger partial charge in [0.25, 0.3) is 0 Å². The maximum atomic E-state index is 5.76. The standard InChI is InChI=1S/C12H24N2O2S/c13-14-11(12-9-17-8-7-16-12)5-1-3-10-4-2-6-15-10/h10-12,14H,1-9,13H2. The van der Waals surface area contributed by atoms with E-state index in [1.54, 1.807) is 0 Å². The highest BCUT2D eigenvalue weighted by Crippen LogP contribution is 2.21. The molecule has 0 saturated carbocycles. The highest BCUT2D eigenvalue weighted by Gasteiger charge is 2.24. The summed E-state index contributed by atoms with van der Waals surface area (Å²) >= 11 is 1.96. The second-order valence-corrected chi connectivity index (χ2v) is 5.97. The first-order valence-corrected chi connectivity index (χ1v) is 7.82. The van der Waals surface area contributed by atoms with Crippen LogP contribution in [-0.4, -0.2) is 43.0 Å². The van der Waals surface area contributed by atoms with Crippen LogP contribution in [0, 0.1) is 0 Å². The van der Waals surface area contributed by atoms with Gasteiger partial charge in [-0.2, -0.15) is 11.8 Å². The van der Waals surface area contributed by atoms with E-state index in [2.05, 4.69) is 5.43 Å². The van der Waals surface area contributed by atoms with Crippen molar-refractivity contribution in [1.82, 2.24) is 5.43 Å². The first-order valence-electron chi connectivity index (χ1n) is 6.67. The first kappa shape index (κ1) is 13.6. The Morgan fingerprint density at radius 1 is 1.35 bits per heavy atom. The molecule has 0 aromatic carbocycles. The van der Waals surface area contributed by atoms with Gasteiger partial charge in [0.1, 0.15) is 0 Å². The van der Waals surface area contributed by atoms with E-state index in [0.29, 0.717) is 12.1 Å². The summed E-state index contributed by atoms with van der Waals surface area (Å²) < 4.78 is 11.4. The third kappa shape index (κ3) is 4.41. The lowest BCUT2D eigenvalue weighted by atomic mass is 10.0. The van der Waals surface area contributed by atoms with Crippen molar-refractivity contribution in [2.75, 3.05) is 24.7 Å². The number of hydrazine groups is 1. The maximum Gasteiger partial charge on any atom is 0.0832 e. The summed E-state index contributed by atoms with van der Waals surface area (Å²) in [6.07, 6.45) is 6.66. The van der Waals surface area contributed by atoms with Gasteiger partial charge in [0, 0.05) is 24.2 Å². The van der Waals surface area contributed by atoms with Gasteiger partial charge in [-0.1, -0.05) is 0 Å². The third-order valence-corrected chi connectivity index (χ3v) is 4.59. The van der Waals surface area contributed by atoms with Gasteiger partial charge in [-0.25, -0.2) is 0 Å². The van der Waals surface area contributed by atoms with Crippen LogP contribution in [0.2, 0.25) is 0 Å². The number of thioether (sulfide) groups is 1. The van der Waals surface area contributed by atoms with Crippen LogP contribution in [-0.2, 0) is 9.47 Å². The zero-order chi connectivity index (χ0) is 11.9. The molecule has 2 heterocycles. The fourth-order valence-corrected chi connectivity index (χ4v) is 3.49. The van der Waals surface area contributed by atoms with Crippen molar-refractivity contribution in [3.8, 4) is 0 Å². The predicted octanol–water partition coefficient (Wildman–Crippen LogP) is 1.30. The Kier molecular flexibility index (Phi) is 6.08. The van der Waals surface area contributed by atoms with Gasteiger partial charge in [-0.3, -0.25) is 11.3 Å². The molecule has 5 heteroatoms. The van der Waals surface area contributed by atoms with Crippen LogP contribution in [0.1, 0.15) is 32.1 Å². The van der Waals surface area contributed by atoms with E-state index in [1.807, 2.05) is 11.8 Å². The predicted molar refractivity (Wildman–Crippen MR) is 71.0 cm³/mol. The molecule has 0 amide bonds. The summed E-state index contributed by atoms with van der Waals surface area (Å²) in [4.78, 5) is 0. The van der Waals surface area contributed by atoms with Gasteiger partial charge in [-0.05, 0) is 32.1 Å². The minimum Gasteiger partial charge on any atom is -0.378 e. The highest BCUT2D eigenvalue weighted by molar-refractivity contribution is 7.99. The molecule has 3 atom stereocenters. The Morgan fingerprint density at radius 2 is 2.29 bits per heavy atom. The molecule has 0 aliphatic carbocycles. The number of ether oxygens (including phenoxy) is 2. The number of nitrogens with one attached hydrogen (secondary N) is 1. The SMILES string of the molecule is NNC(CCCC1CCCO1)C1CSCCO1. The van der Waals surface area contributed by atoms with Crippen molar-refractivity contribution in [3.05, 3.63) is 0 Å². The van der Waals surface area contributed by atoms with E-state index in [9.17, 15) is 0 Å². The molecule has 2 aliphatic heterocycles. The molecule has 0 bridgehead atoms. The lowest BCUT2D eigenvalue weighted by molar-refractivity contribution is 0.0418. The maximum absolute atomic E-state index is 5.76. The number of hydrogen-bond acceptors (Lipinski definition) is 5. The smallest absolute Gasteiger partial charge is 0.0832 e. The molecular formula is C12H24N2O2S. The van der Waals surface area contributed by atoms with E-state index in [1.165, 1.54) is 19.3 Å². The van der Waals surface area contributed by atoms with Gasteiger partial charge < -0.3 is 9.47 Å². The Hall–Kier alpha value is 0.190. The van der Waals surface area contributed by atoms with Crippen LogP contribution in [0.25, 0.3) is 0 Å². The van der Waals surface area contributed by atoms with Crippen LogP contribution < -0.4 is 11.3 Å². The normalized spacial score (nSPS) is 31.6. The van der Waals surface area contributed by atoms with Crippen molar-refractivity contribution in [1.29, 1.82) is 0 Å². The number of nitrogens with two attached hydrogens (primary N) is 1. The van der Waals surface area contributed by atoms with E-state index in [0.717, 1.165) is 37.6 Å². The Labute approximate surface area is 108 Å². The van der Waals surface area contributed by atoms with Crippen LogP contribution >= 0.6 is 11.8 Å². The van der Waals surface area contributed by atoms with Crippen molar-refractivity contribution in [2.45, 2.75) is 50.4 Å². The van der Waals surface area contributed by atoms with Crippen LogP contribution in [0.5, 0.6) is 0 Å². The Bertz CT molecular complexity index is 207. The summed E-state index contributed by atoms with van der Waals surface area (Å²) in [5, 5.41) is 0. The fourth-order valence-electron chi connectivity index (χ4n) is 2.55. The van der Waals surface area contributed by atoms with E-state index in [-0.39, 0.29) is 6.10 Å². The van der Waals surface area contributed by atoms with Crippen LogP contribution in [0.15, 0.2) is 0 Å². The second-order valence-electron chi connectivity index (χ2n) is 4.82. The van der Waals surface area contributed by atoms with Crippen molar-refractivity contribution < 1.29 is 9.47 Å². The van der Waals surface area contributed by atoms with Crippen LogP contribution in [0.4, 0.5) is 0 Å². The number of rotatable bonds is 6. The highest BCUT2D eigenvalue weighted by atomic mass is 32.2. The molecule has 17 heavy (non-hydrogen) atoms. The molecule has 2 saturated heterocycles. The van der Waals surface area contributed by atoms with E-state index < -0.39 is 0 Å².